The Kier molecular flexibility index (Phi) is 9.75. The fourth-order valence-corrected chi connectivity index (χ4v) is 4.56. The molecule has 0 radical (unpaired) electrons. The average molecular weight is 559 g/mol. The van der Waals surface area contributed by atoms with Gasteiger partial charge in [0, 0.05) is 22.6 Å². The van der Waals surface area contributed by atoms with Crippen LogP contribution in [0.4, 0.5) is 5.69 Å². The van der Waals surface area contributed by atoms with Crippen molar-refractivity contribution in [2.45, 2.75) is 39.8 Å². The Morgan fingerprint density at radius 2 is 1.79 bits per heavy atom. The van der Waals surface area contributed by atoms with Crippen LogP contribution in [0.5, 0.6) is 0 Å². The van der Waals surface area contributed by atoms with Gasteiger partial charge in [0.15, 0.2) is 0 Å². The van der Waals surface area contributed by atoms with Crippen LogP contribution in [0.3, 0.4) is 0 Å². The molecule has 180 valence electrons. The molecule has 0 spiro atoms. The number of sulfonamides is 1. The van der Waals surface area contributed by atoms with Gasteiger partial charge in [0.05, 0.1) is 11.9 Å². The van der Waals surface area contributed by atoms with E-state index in [4.69, 9.17) is 11.6 Å². The number of hydrogen-bond donors (Lipinski definition) is 1. The summed E-state index contributed by atoms with van der Waals surface area (Å²) in [7, 11) is -3.80. The molecule has 2 aromatic carbocycles. The highest BCUT2D eigenvalue weighted by atomic mass is 79.9. The zero-order valence-electron chi connectivity index (χ0n) is 19.1. The third-order valence-corrected chi connectivity index (χ3v) is 7.23. The minimum absolute atomic E-state index is 0.152. The van der Waals surface area contributed by atoms with Gasteiger partial charge in [-0.3, -0.25) is 13.9 Å². The Morgan fingerprint density at radius 3 is 2.36 bits per heavy atom. The Morgan fingerprint density at radius 1 is 1.15 bits per heavy atom. The van der Waals surface area contributed by atoms with Gasteiger partial charge in [-0.2, -0.15) is 0 Å². The van der Waals surface area contributed by atoms with Crippen LogP contribution in [0.2, 0.25) is 5.02 Å². The van der Waals surface area contributed by atoms with Crippen molar-refractivity contribution in [1.29, 1.82) is 0 Å². The van der Waals surface area contributed by atoms with Crippen LogP contribution in [0.1, 0.15) is 31.4 Å². The van der Waals surface area contributed by atoms with Gasteiger partial charge < -0.3 is 10.2 Å². The fraction of sp³-hybridized carbons (Fsp3) is 0.391. The van der Waals surface area contributed by atoms with Crippen LogP contribution >= 0.6 is 27.5 Å². The Balaban J connectivity index is 2.40. The minimum atomic E-state index is -3.80. The fourth-order valence-electron chi connectivity index (χ4n) is 3.23. The predicted molar refractivity (Wildman–Crippen MR) is 136 cm³/mol. The summed E-state index contributed by atoms with van der Waals surface area (Å²) >= 11 is 9.58. The maximum atomic E-state index is 13.5. The minimum Gasteiger partial charge on any atom is -0.354 e. The van der Waals surface area contributed by atoms with E-state index in [9.17, 15) is 18.0 Å². The number of halogens is 2. The number of anilines is 1. The summed E-state index contributed by atoms with van der Waals surface area (Å²) in [4.78, 5) is 27.5. The number of benzene rings is 2. The first kappa shape index (κ1) is 27.1. The summed E-state index contributed by atoms with van der Waals surface area (Å²) < 4.78 is 27.2. The molecular formula is C23H29BrClN3O4S. The number of rotatable bonds is 10. The summed E-state index contributed by atoms with van der Waals surface area (Å²) in [5.41, 5.74) is 1.68. The third kappa shape index (κ3) is 7.45. The van der Waals surface area contributed by atoms with E-state index >= 15 is 0 Å². The van der Waals surface area contributed by atoms with Gasteiger partial charge in [-0.15, -0.1) is 0 Å². The topological polar surface area (TPSA) is 86.8 Å². The van der Waals surface area contributed by atoms with E-state index in [0.717, 1.165) is 27.0 Å². The first-order chi connectivity index (χ1) is 15.5. The zero-order valence-corrected chi connectivity index (χ0v) is 22.3. The molecule has 2 rings (SSSR count). The summed E-state index contributed by atoms with van der Waals surface area (Å²) in [6, 6.07) is 11.5. The molecule has 7 nitrogen and oxygen atoms in total. The SMILES string of the molecule is CCCNC(=O)[C@@H](C)N(Cc1ccc(Br)cc1)C(=O)CN(c1cccc(Cl)c1C)S(C)(=O)=O. The quantitative estimate of drug-likeness (QED) is 0.475. The molecule has 0 saturated carbocycles. The van der Waals surface area contributed by atoms with Crippen LogP contribution < -0.4 is 9.62 Å². The molecule has 0 unspecified atom stereocenters. The number of hydrogen-bond acceptors (Lipinski definition) is 4. The maximum absolute atomic E-state index is 13.5. The molecule has 0 aliphatic heterocycles. The van der Waals surface area contributed by atoms with Crippen LogP contribution in [-0.2, 0) is 26.2 Å². The van der Waals surface area contributed by atoms with Crippen molar-refractivity contribution in [3.05, 3.63) is 63.1 Å². The molecule has 0 aromatic heterocycles. The molecule has 2 amide bonds. The van der Waals surface area contributed by atoms with E-state index in [1.54, 1.807) is 32.0 Å². The molecule has 33 heavy (non-hydrogen) atoms. The first-order valence-corrected chi connectivity index (χ1v) is 13.5. The van der Waals surface area contributed by atoms with Gasteiger partial charge in [0.1, 0.15) is 12.6 Å². The third-order valence-electron chi connectivity index (χ3n) is 5.17. The van der Waals surface area contributed by atoms with E-state index in [1.807, 2.05) is 31.2 Å². The smallest absolute Gasteiger partial charge is 0.244 e. The van der Waals surface area contributed by atoms with E-state index in [2.05, 4.69) is 21.2 Å². The molecule has 0 bridgehead atoms. The molecule has 2 aromatic rings. The monoisotopic (exact) mass is 557 g/mol. The van der Waals surface area contributed by atoms with Gasteiger partial charge in [0.2, 0.25) is 21.8 Å². The Bertz CT molecular complexity index is 1090. The predicted octanol–water partition coefficient (Wildman–Crippen LogP) is 4.12. The van der Waals surface area contributed by atoms with E-state index in [1.165, 1.54) is 4.90 Å². The first-order valence-electron chi connectivity index (χ1n) is 10.5. The number of carbonyl (C=O) groups excluding carboxylic acids is 2. The van der Waals surface area contributed by atoms with Gasteiger partial charge >= 0.3 is 0 Å². The lowest BCUT2D eigenvalue weighted by Crippen LogP contribution is -2.51. The molecule has 0 fully saturated rings. The molecule has 0 heterocycles. The maximum Gasteiger partial charge on any atom is 0.244 e. The van der Waals surface area contributed by atoms with Crippen LogP contribution in [0, 0.1) is 6.92 Å². The van der Waals surface area contributed by atoms with Crippen LogP contribution in [0.15, 0.2) is 46.9 Å². The second kappa shape index (κ2) is 11.9. The van der Waals surface area contributed by atoms with Crippen molar-refractivity contribution in [1.82, 2.24) is 10.2 Å². The second-order valence-corrected chi connectivity index (χ2v) is 11.0. The number of carbonyl (C=O) groups is 2. The normalized spacial score (nSPS) is 12.2. The largest absolute Gasteiger partial charge is 0.354 e. The highest BCUT2D eigenvalue weighted by Gasteiger charge is 2.30. The number of nitrogens with zero attached hydrogens (tertiary/aromatic N) is 2. The summed E-state index contributed by atoms with van der Waals surface area (Å²) in [5, 5.41) is 3.20. The summed E-state index contributed by atoms with van der Waals surface area (Å²) in [6.45, 7) is 5.45. The van der Waals surface area contributed by atoms with Crippen molar-refractivity contribution in [3.63, 3.8) is 0 Å². The molecule has 0 aliphatic rings. The van der Waals surface area contributed by atoms with Crippen molar-refractivity contribution in [3.8, 4) is 0 Å². The van der Waals surface area contributed by atoms with Gasteiger partial charge in [-0.1, -0.05) is 52.7 Å². The lowest BCUT2D eigenvalue weighted by molar-refractivity contribution is -0.139. The Hall–Kier alpha value is -2.10. The van der Waals surface area contributed by atoms with Gasteiger partial charge in [0.25, 0.3) is 0 Å². The molecular weight excluding hydrogens is 530 g/mol. The van der Waals surface area contributed by atoms with Crippen LogP contribution in [-0.4, -0.2) is 50.5 Å². The van der Waals surface area contributed by atoms with Crippen molar-refractivity contribution in [2.75, 3.05) is 23.7 Å². The van der Waals surface area contributed by atoms with Crippen molar-refractivity contribution in [2.24, 2.45) is 0 Å². The molecule has 10 heteroatoms. The lowest BCUT2D eigenvalue weighted by atomic mass is 10.1. The molecule has 1 N–H and O–H groups in total. The van der Waals surface area contributed by atoms with E-state index < -0.39 is 28.5 Å². The molecule has 0 aliphatic carbocycles. The van der Waals surface area contributed by atoms with Crippen molar-refractivity contribution < 1.29 is 18.0 Å². The highest BCUT2D eigenvalue weighted by molar-refractivity contribution is 9.10. The van der Waals surface area contributed by atoms with E-state index in [0.29, 0.717) is 22.8 Å². The zero-order chi connectivity index (χ0) is 24.8. The van der Waals surface area contributed by atoms with Gasteiger partial charge in [-0.05, 0) is 55.7 Å². The number of nitrogens with one attached hydrogen (secondary N) is 1. The van der Waals surface area contributed by atoms with Gasteiger partial charge in [-0.25, -0.2) is 8.42 Å². The molecule has 1 atom stereocenters. The van der Waals surface area contributed by atoms with E-state index in [-0.39, 0.29) is 12.5 Å². The van der Waals surface area contributed by atoms with Crippen LogP contribution in [0.25, 0.3) is 0 Å². The number of amides is 2. The lowest BCUT2D eigenvalue weighted by Gasteiger charge is -2.32. The Labute approximate surface area is 209 Å². The standard InChI is InChI=1S/C23H29BrClN3O4S/c1-5-13-26-23(30)17(3)27(14-18-9-11-19(24)12-10-18)22(29)15-28(33(4,31)32)21-8-6-7-20(25)16(21)2/h6-12,17H,5,13-15H2,1-4H3,(H,26,30)/t17-/m1/s1. The average Bonchev–Trinajstić information content (AvgIpc) is 2.76. The summed E-state index contributed by atoms with van der Waals surface area (Å²) in [6.07, 6.45) is 1.80. The molecule has 0 saturated heterocycles. The van der Waals surface area contributed by atoms with Crippen molar-refractivity contribution >= 4 is 55.1 Å². The highest BCUT2D eigenvalue weighted by Crippen LogP contribution is 2.28. The second-order valence-electron chi connectivity index (χ2n) is 7.77. The summed E-state index contributed by atoms with van der Waals surface area (Å²) in [5.74, 6) is -0.797.